The Morgan fingerprint density at radius 3 is 2.50 bits per heavy atom. The van der Waals surface area contributed by atoms with E-state index in [9.17, 15) is 4.39 Å². The van der Waals surface area contributed by atoms with Gasteiger partial charge in [0.1, 0.15) is 18.2 Å². The van der Waals surface area contributed by atoms with E-state index in [4.69, 9.17) is 17.0 Å². The molecule has 0 heterocycles. The second-order valence-electron chi connectivity index (χ2n) is 4.48. The van der Waals surface area contributed by atoms with Crippen molar-refractivity contribution >= 4 is 23.5 Å². The molecule has 0 aliphatic rings. The Kier molecular flexibility index (Phi) is 5.85. The second kappa shape index (κ2) is 8.09. The summed E-state index contributed by atoms with van der Waals surface area (Å²) in [6.45, 7) is 0.402. The molecule has 0 bridgehead atoms. The Hall–Kier alpha value is -2.47. The molecule has 0 aliphatic carbocycles. The van der Waals surface area contributed by atoms with Gasteiger partial charge in [0.2, 0.25) is 5.11 Å². The number of rotatable bonds is 5. The summed E-state index contributed by atoms with van der Waals surface area (Å²) in [5.74, 6) is 0.502. The van der Waals surface area contributed by atoms with Gasteiger partial charge in [-0.25, -0.2) is 4.39 Å². The first-order valence-electron chi connectivity index (χ1n) is 6.71. The summed E-state index contributed by atoms with van der Waals surface area (Å²) in [7, 11) is 1.74. The zero-order valence-electron chi connectivity index (χ0n) is 12.1. The summed E-state index contributed by atoms with van der Waals surface area (Å²) in [6, 6.07) is 13.8. The highest BCUT2D eigenvalue weighted by Gasteiger charge is 1.98. The maximum atomic E-state index is 12.8. The maximum Gasteiger partial charge on any atom is 0.223 e. The van der Waals surface area contributed by atoms with Crippen LogP contribution in [0.25, 0.3) is 0 Å². The van der Waals surface area contributed by atoms with Gasteiger partial charge in [-0.2, -0.15) is 0 Å². The van der Waals surface area contributed by atoms with Crippen LogP contribution in [0.3, 0.4) is 0 Å². The second-order valence-corrected chi connectivity index (χ2v) is 4.89. The Morgan fingerprint density at radius 1 is 1.18 bits per heavy atom. The van der Waals surface area contributed by atoms with E-state index in [2.05, 4.69) is 15.8 Å². The molecule has 2 aromatic rings. The lowest BCUT2D eigenvalue weighted by molar-refractivity contribution is -0.500. The molecule has 0 aromatic heterocycles. The van der Waals surface area contributed by atoms with Gasteiger partial charge in [0.25, 0.3) is 0 Å². The number of hydrazine groups is 1. The van der Waals surface area contributed by atoms with Crippen LogP contribution in [0, 0.1) is 5.82 Å². The highest BCUT2D eigenvalue weighted by Crippen LogP contribution is 2.13. The van der Waals surface area contributed by atoms with Gasteiger partial charge in [-0.1, -0.05) is 12.1 Å². The number of halogens is 1. The SMILES string of the molecule is CNC(=S)N[NH+]=Cc1ccc(OCc2ccc(F)cc2)cc1. The van der Waals surface area contributed by atoms with E-state index >= 15 is 0 Å². The van der Waals surface area contributed by atoms with Crippen LogP contribution in [-0.2, 0) is 6.61 Å². The van der Waals surface area contributed by atoms with Gasteiger partial charge in [0, 0.05) is 12.6 Å². The lowest BCUT2D eigenvalue weighted by Gasteiger charge is -2.06. The standard InChI is InChI=1S/C16H16FN3OS/c1-18-16(22)20-19-10-12-4-8-15(9-5-12)21-11-13-2-6-14(17)7-3-13/h2-10H,11H2,1H3,(H2,18,20,22)/p+1. The number of hydrogen-bond acceptors (Lipinski definition) is 2. The van der Waals surface area contributed by atoms with Crippen molar-refractivity contribution in [2.24, 2.45) is 0 Å². The molecule has 2 rings (SSSR count). The molecule has 0 saturated heterocycles. The lowest BCUT2D eigenvalue weighted by atomic mass is 10.2. The van der Waals surface area contributed by atoms with E-state index in [0.29, 0.717) is 11.7 Å². The van der Waals surface area contributed by atoms with Gasteiger partial charge in [0.15, 0.2) is 6.21 Å². The Labute approximate surface area is 134 Å². The molecule has 0 saturated carbocycles. The highest BCUT2D eigenvalue weighted by atomic mass is 32.1. The Balaban J connectivity index is 1.86. The fraction of sp³-hybridized carbons (Fsp3) is 0.125. The number of benzene rings is 2. The van der Waals surface area contributed by atoms with E-state index in [-0.39, 0.29) is 5.82 Å². The molecule has 6 heteroatoms. The first-order valence-corrected chi connectivity index (χ1v) is 7.12. The van der Waals surface area contributed by atoms with Crippen molar-refractivity contribution in [1.82, 2.24) is 10.7 Å². The van der Waals surface area contributed by atoms with Crippen molar-refractivity contribution in [3.8, 4) is 5.75 Å². The van der Waals surface area contributed by atoms with E-state index in [1.165, 1.54) is 12.1 Å². The van der Waals surface area contributed by atoms with Crippen molar-refractivity contribution in [2.45, 2.75) is 6.61 Å². The number of nitrogens with one attached hydrogen (secondary N) is 3. The minimum absolute atomic E-state index is 0.248. The van der Waals surface area contributed by atoms with Crippen molar-refractivity contribution in [1.29, 1.82) is 0 Å². The third kappa shape index (κ3) is 5.14. The first kappa shape index (κ1) is 15.9. The van der Waals surface area contributed by atoms with Crippen LogP contribution in [0.5, 0.6) is 5.75 Å². The topological polar surface area (TPSA) is 47.3 Å². The van der Waals surface area contributed by atoms with Crippen LogP contribution < -0.4 is 20.6 Å². The quantitative estimate of drug-likeness (QED) is 0.436. The first-order chi connectivity index (χ1) is 10.7. The van der Waals surface area contributed by atoms with E-state index < -0.39 is 0 Å². The van der Waals surface area contributed by atoms with Crippen LogP contribution >= 0.6 is 12.2 Å². The smallest absolute Gasteiger partial charge is 0.223 e. The lowest BCUT2D eigenvalue weighted by Crippen LogP contribution is -2.82. The molecule has 22 heavy (non-hydrogen) atoms. The maximum absolute atomic E-state index is 12.8. The molecule has 0 spiro atoms. The zero-order chi connectivity index (χ0) is 15.8. The summed E-state index contributed by atoms with van der Waals surface area (Å²) in [5, 5.41) is 6.18. The third-order valence-corrected chi connectivity index (χ3v) is 3.16. The van der Waals surface area contributed by atoms with Gasteiger partial charge in [0.05, 0.1) is 0 Å². The molecular weight excluding hydrogens is 301 g/mol. The number of hydrogen-bond donors (Lipinski definition) is 3. The van der Waals surface area contributed by atoms with Gasteiger partial charge >= 0.3 is 0 Å². The molecule has 2 aromatic carbocycles. The third-order valence-electron chi connectivity index (χ3n) is 2.85. The van der Waals surface area contributed by atoms with Crippen molar-refractivity contribution in [3.63, 3.8) is 0 Å². The summed E-state index contributed by atoms with van der Waals surface area (Å²) < 4.78 is 18.4. The molecule has 3 N–H and O–H groups in total. The molecular formula is C16H17FN3OS+. The molecule has 0 aliphatic heterocycles. The number of thiocarbonyl (C=S) groups is 1. The molecule has 0 atom stereocenters. The van der Waals surface area contributed by atoms with E-state index in [1.54, 1.807) is 25.4 Å². The van der Waals surface area contributed by atoms with Crippen LogP contribution in [0.1, 0.15) is 11.1 Å². The summed E-state index contributed by atoms with van der Waals surface area (Å²) in [6.07, 6.45) is 1.79. The van der Waals surface area contributed by atoms with E-state index in [1.807, 2.05) is 24.3 Å². The van der Waals surface area contributed by atoms with Crippen molar-refractivity contribution in [2.75, 3.05) is 7.05 Å². The van der Waals surface area contributed by atoms with Crippen LogP contribution in [0.2, 0.25) is 0 Å². The van der Waals surface area contributed by atoms with Crippen LogP contribution in [0.4, 0.5) is 4.39 Å². The van der Waals surface area contributed by atoms with Crippen LogP contribution in [0.15, 0.2) is 48.5 Å². The summed E-state index contributed by atoms with van der Waals surface area (Å²) >= 11 is 4.93. The minimum Gasteiger partial charge on any atom is -0.489 e. The highest BCUT2D eigenvalue weighted by molar-refractivity contribution is 7.80. The average Bonchev–Trinajstić information content (AvgIpc) is 2.55. The molecule has 114 valence electrons. The van der Waals surface area contributed by atoms with Crippen molar-refractivity contribution < 1.29 is 14.2 Å². The Morgan fingerprint density at radius 2 is 1.86 bits per heavy atom. The monoisotopic (exact) mass is 318 g/mol. The normalized spacial score (nSPS) is 10.5. The van der Waals surface area contributed by atoms with Gasteiger partial charge in [-0.15, -0.1) is 10.5 Å². The van der Waals surface area contributed by atoms with Gasteiger partial charge in [-0.3, -0.25) is 0 Å². The fourth-order valence-electron chi connectivity index (χ4n) is 1.66. The predicted molar refractivity (Wildman–Crippen MR) is 88.1 cm³/mol. The Bertz CT molecular complexity index is 641. The fourth-order valence-corrected chi connectivity index (χ4v) is 1.71. The zero-order valence-corrected chi connectivity index (χ0v) is 12.9. The minimum atomic E-state index is -0.248. The molecule has 0 radical (unpaired) electrons. The summed E-state index contributed by atoms with van der Waals surface area (Å²) in [4.78, 5) is 0. The number of ether oxygens (including phenoxy) is 1. The average molecular weight is 318 g/mol. The molecule has 0 unspecified atom stereocenters. The van der Waals surface area contributed by atoms with Gasteiger partial charge < -0.3 is 10.1 Å². The molecule has 0 amide bonds. The van der Waals surface area contributed by atoms with E-state index in [0.717, 1.165) is 16.9 Å². The number of hydrazone groups is 1. The predicted octanol–water partition coefficient (Wildman–Crippen LogP) is 0.913. The van der Waals surface area contributed by atoms with Gasteiger partial charge in [-0.05, 0) is 54.2 Å². The van der Waals surface area contributed by atoms with Crippen molar-refractivity contribution in [3.05, 3.63) is 65.5 Å². The van der Waals surface area contributed by atoms with Crippen LogP contribution in [-0.4, -0.2) is 18.4 Å². The molecule has 4 nitrogen and oxygen atoms in total. The largest absolute Gasteiger partial charge is 0.489 e. The molecule has 0 fully saturated rings. The summed E-state index contributed by atoms with van der Waals surface area (Å²) in [5.41, 5.74) is 4.69.